The summed E-state index contributed by atoms with van der Waals surface area (Å²) in [6, 6.07) is 6.86. The lowest BCUT2D eigenvalue weighted by Gasteiger charge is -2.37. The minimum atomic E-state index is -0.196. The normalized spacial score (nSPS) is 14.4. The van der Waals surface area contributed by atoms with Crippen molar-refractivity contribution in [3.05, 3.63) is 47.0 Å². The maximum Gasteiger partial charge on any atom is 0.188 e. The van der Waals surface area contributed by atoms with E-state index in [0.29, 0.717) is 49.2 Å². The number of piperazine rings is 1. The molecule has 1 saturated heterocycles. The molecule has 0 amide bonds. The number of hydrogen-bond acceptors (Lipinski definition) is 8. The van der Waals surface area contributed by atoms with Crippen molar-refractivity contribution in [3.63, 3.8) is 0 Å². The van der Waals surface area contributed by atoms with Crippen LogP contribution in [-0.4, -0.2) is 41.1 Å². The summed E-state index contributed by atoms with van der Waals surface area (Å²) in [5.74, 6) is 1.05. The molecule has 3 heterocycles. The van der Waals surface area contributed by atoms with Gasteiger partial charge in [-0.25, -0.2) is 19.3 Å². The monoisotopic (exact) mass is 399 g/mol. The quantitative estimate of drug-likeness (QED) is 0.696. The molecule has 146 valence electrons. The van der Waals surface area contributed by atoms with Gasteiger partial charge in [0.15, 0.2) is 16.8 Å². The van der Waals surface area contributed by atoms with Gasteiger partial charge < -0.3 is 20.9 Å². The molecule has 1 aliphatic rings. The molecule has 0 unspecified atom stereocenters. The van der Waals surface area contributed by atoms with Crippen molar-refractivity contribution in [2.24, 2.45) is 0 Å². The highest BCUT2D eigenvalue weighted by atomic mass is 32.1. The van der Waals surface area contributed by atoms with Gasteiger partial charge in [0.25, 0.3) is 0 Å². The van der Waals surface area contributed by atoms with Crippen molar-refractivity contribution >= 4 is 39.5 Å². The molecule has 0 bridgehead atoms. The van der Waals surface area contributed by atoms with E-state index >= 15 is 0 Å². The van der Waals surface area contributed by atoms with E-state index in [2.05, 4.69) is 25.2 Å². The lowest BCUT2D eigenvalue weighted by Crippen LogP contribution is -2.47. The summed E-state index contributed by atoms with van der Waals surface area (Å²) in [6.45, 7) is 6.79. The molecule has 0 spiro atoms. The van der Waals surface area contributed by atoms with Crippen molar-refractivity contribution in [1.29, 1.82) is 0 Å². The van der Waals surface area contributed by atoms with Gasteiger partial charge in [-0.3, -0.25) is 0 Å². The number of aryl methyl sites for hydroxylation is 2. The van der Waals surface area contributed by atoms with Gasteiger partial charge in [0.05, 0.1) is 11.4 Å². The topological polar surface area (TPSA) is 83.2 Å². The van der Waals surface area contributed by atoms with Crippen LogP contribution in [0, 0.1) is 19.7 Å². The summed E-state index contributed by atoms with van der Waals surface area (Å²) >= 11 is 1.56. The fourth-order valence-corrected chi connectivity index (χ4v) is 4.05. The number of rotatable bonds is 4. The molecule has 1 aromatic carbocycles. The molecular weight excluding hydrogens is 377 g/mol. The Hall–Kier alpha value is -2.94. The van der Waals surface area contributed by atoms with Crippen molar-refractivity contribution < 1.29 is 4.39 Å². The van der Waals surface area contributed by atoms with Crippen molar-refractivity contribution in [3.8, 4) is 0 Å². The van der Waals surface area contributed by atoms with Crippen LogP contribution in [0.15, 0.2) is 30.6 Å². The van der Waals surface area contributed by atoms with E-state index in [1.54, 1.807) is 17.4 Å². The predicted octanol–water partition coefficient (Wildman–Crippen LogP) is 3.34. The molecule has 7 nitrogen and oxygen atoms in total. The number of nitrogens with two attached hydrogens (primary N) is 1. The summed E-state index contributed by atoms with van der Waals surface area (Å²) in [5.41, 5.74) is 8.47. The number of thiazole rings is 1. The van der Waals surface area contributed by atoms with E-state index in [0.717, 1.165) is 15.7 Å². The number of anilines is 5. The van der Waals surface area contributed by atoms with Gasteiger partial charge in [0.1, 0.15) is 17.8 Å². The number of halogens is 1. The lowest BCUT2D eigenvalue weighted by atomic mass is 10.2. The highest BCUT2D eigenvalue weighted by Gasteiger charge is 2.23. The molecule has 3 aromatic rings. The van der Waals surface area contributed by atoms with Gasteiger partial charge in [-0.2, -0.15) is 0 Å². The van der Waals surface area contributed by atoms with E-state index in [4.69, 9.17) is 5.73 Å². The Labute approximate surface area is 167 Å². The Morgan fingerprint density at radius 3 is 2.46 bits per heavy atom. The molecule has 0 atom stereocenters. The number of aromatic nitrogens is 3. The number of nitrogens with zero attached hydrogens (tertiary/aromatic N) is 5. The van der Waals surface area contributed by atoms with Gasteiger partial charge >= 0.3 is 0 Å². The molecule has 9 heteroatoms. The fourth-order valence-electron chi connectivity index (χ4n) is 3.23. The molecule has 0 aliphatic carbocycles. The highest BCUT2D eigenvalue weighted by Crippen LogP contribution is 2.31. The van der Waals surface area contributed by atoms with Gasteiger partial charge in [-0.1, -0.05) is 12.1 Å². The third-order valence-electron chi connectivity index (χ3n) is 4.89. The first-order valence-corrected chi connectivity index (χ1v) is 9.90. The number of para-hydroxylation sites is 1. The minimum absolute atomic E-state index is 0.196. The number of hydrogen-bond donors (Lipinski definition) is 2. The summed E-state index contributed by atoms with van der Waals surface area (Å²) < 4.78 is 14.0. The van der Waals surface area contributed by atoms with Crippen molar-refractivity contribution in [1.82, 2.24) is 15.0 Å². The molecular formula is C19H22FN7S. The Morgan fingerprint density at radius 2 is 1.79 bits per heavy atom. The van der Waals surface area contributed by atoms with Crippen LogP contribution in [0.3, 0.4) is 0 Å². The minimum Gasteiger partial charge on any atom is -0.393 e. The van der Waals surface area contributed by atoms with Crippen molar-refractivity contribution in [2.45, 2.75) is 13.8 Å². The Kier molecular flexibility index (Phi) is 4.99. The highest BCUT2D eigenvalue weighted by molar-refractivity contribution is 7.15. The molecule has 28 heavy (non-hydrogen) atoms. The molecule has 1 aliphatic heterocycles. The number of nitrogens with one attached hydrogen (secondary N) is 1. The van der Waals surface area contributed by atoms with Gasteiger partial charge in [-0.15, -0.1) is 11.3 Å². The van der Waals surface area contributed by atoms with Crippen LogP contribution < -0.4 is 20.9 Å². The lowest BCUT2D eigenvalue weighted by molar-refractivity contribution is 0.596. The fraction of sp³-hybridized carbons (Fsp3) is 0.316. The second kappa shape index (κ2) is 7.59. The van der Waals surface area contributed by atoms with E-state index in [1.807, 2.05) is 30.9 Å². The maximum absolute atomic E-state index is 14.0. The molecule has 3 N–H and O–H groups in total. The van der Waals surface area contributed by atoms with Gasteiger partial charge in [0.2, 0.25) is 0 Å². The van der Waals surface area contributed by atoms with Gasteiger partial charge in [-0.05, 0) is 26.0 Å². The van der Waals surface area contributed by atoms with Crippen LogP contribution in [0.1, 0.15) is 10.6 Å². The van der Waals surface area contributed by atoms with Crippen LogP contribution in [0.4, 0.5) is 32.5 Å². The standard InChI is InChI=1S/C19H22FN7S/c1-12-13(2)28-19(24-12)25-17-16(21)18(23-11-22-17)27-9-7-26(8-10-27)15-6-4-3-5-14(15)20/h3-6,11H,7-10,21H2,1-2H3,(H,22,23,24,25). The third kappa shape index (κ3) is 3.57. The molecule has 1 fully saturated rings. The zero-order chi connectivity index (χ0) is 19.7. The largest absolute Gasteiger partial charge is 0.393 e. The zero-order valence-corrected chi connectivity index (χ0v) is 16.6. The number of benzene rings is 1. The summed E-state index contributed by atoms with van der Waals surface area (Å²) in [7, 11) is 0. The first-order valence-electron chi connectivity index (χ1n) is 9.09. The first kappa shape index (κ1) is 18.4. The Bertz CT molecular complexity index is 963. The van der Waals surface area contributed by atoms with Crippen LogP contribution >= 0.6 is 11.3 Å². The Morgan fingerprint density at radius 1 is 1.07 bits per heavy atom. The molecule has 2 aromatic heterocycles. The maximum atomic E-state index is 14.0. The summed E-state index contributed by atoms with van der Waals surface area (Å²) in [4.78, 5) is 18.4. The van der Waals surface area contributed by atoms with Crippen LogP contribution in [0.25, 0.3) is 0 Å². The molecule has 4 rings (SSSR count). The van der Waals surface area contributed by atoms with Crippen molar-refractivity contribution in [2.75, 3.05) is 47.0 Å². The second-order valence-electron chi connectivity index (χ2n) is 6.67. The first-order chi connectivity index (χ1) is 13.5. The predicted molar refractivity (Wildman–Crippen MR) is 112 cm³/mol. The van der Waals surface area contributed by atoms with Crippen LogP contribution in [0.5, 0.6) is 0 Å². The Balaban J connectivity index is 1.49. The van der Waals surface area contributed by atoms with Gasteiger partial charge in [0, 0.05) is 31.1 Å². The molecule has 0 saturated carbocycles. The summed E-state index contributed by atoms with van der Waals surface area (Å²) in [5, 5.41) is 3.96. The summed E-state index contributed by atoms with van der Waals surface area (Å²) in [6.07, 6.45) is 1.50. The number of nitrogen functional groups attached to an aromatic ring is 1. The SMILES string of the molecule is Cc1nc(Nc2ncnc(N3CCN(c4ccccc4F)CC3)c2N)sc1C. The second-order valence-corrected chi connectivity index (χ2v) is 7.87. The average molecular weight is 399 g/mol. The average Bonchev–Trinajstić information content (AvgIpc) is 3.01. The van der Waals surface area contributed by atoms with E-state index < -0.39 is 0 Å². The third-order valence-corrected chi connectivity index (χ3v) is 5.88. The molecule has 0 radical (unpaired) electrons. The van der Waals surface area contributed by atoms with E-state index in [1.165, 1.54) is 12.4 Å². The van der Waals surface area contributed by atoms with Crippen LogP contribution in [-0.2, 0) is 0 Å². The van der Waals surface area contributed by atoms with E-state index in [-0.39, 0.29) is 5.82 Å². The smallest absolute Gasteiger partial charge is 0.188 e. The zero-order valence-electron chi connectivity index (χ0n) is 15.8. The van der Waals surface area contributed by atoms with E-state index in [9.17, 15) is 4.39 Å². The van der Waals surface area contributed by atoms with Crippen LogP contribution in [0.2, 0.25) is 0 Å².